The first kappa shape index (κ1) is 16.9. The molecule has 6 heteroatoms. The number of aliphatic carboxylic acids is 1. The maximum atomic E-state index is 12.1. The highest BCUT2D eigenvalue weighted by atomic mass is 16.4. The van der Waals surface area contributed by atoms with Crippen LogP contribution >= 0.6 is 0 Å². The molecule has 1 fully saturated rings. The largest absolute Gasteiger partial charge is 0.481 e. The van der Waals surface area contributed by atoms with Crippen molar-refractivity contribution in [3.05, 3.63) is 0 Å². The fourth-order valence-electron chi connectivity index (χ4n) is 2.27. The molecule has 0 bridgehead atoms. The van der Waals surface area contributed by atoms with Gasteiger partial charge in [-0.05, 0) is 27.7 Å². The Morgan fingerprint density at radius 3 is 1.95 bits per heavy atom. The number of rotatable bonds is 5. The fourth-order valence-corrected chi connectivity index (χ4v) is 2.27. The van der Waals surface area contributed by atoms with Crippen molar-refractivity contribution in [1.29, 1.82) is 0 Å². The number of hydrogen-bond acceptors (Lipinski definition) is 4. The molecule has 1 rings (SSSR count). The number of hydrogen-bond donors (Lipinski definition) is 2. The lowest BCUT2D eigenvalue weighted by atomic mass is 9.89. The molecule has 0 aromatic heterocycles. The number of carbonyl (C=O) groups is 2. The molecule has 1 heterocycles. The van der Waals surface area contributed by atoms with Crippen molar-refractivity contribution >= 4 is 11.9 Å². The van der Waals surface area contributed by atoms with Crippen LogP contribution in [0.2, 0.25) is 0 Å². The Morgan fingerprint density at radius 1 is 1.05 bits per heavy atom. The van der Waals surface area contributed by atoms with Gasteiger partial charge >= 0.3 is 5.97 Å². The van der Waals surface area contributed by atoms with E-state index in [0.29, 0.717) is 32.7 Å². The molecule has 0 aliphatic carbocycles. The molecular weight excluding hydrogens is 260 g/mol. The summed E-state index contributed by atoms with van der Waals surface area (Å²) < 4.78 is 0. The molecule has 6 nitrogen and oxygen atoms in total. The number of carboxylic acid groups (broad SMARTS) is 1. The average Bonchev–Trinajstić information content (AvgIpc) is 2.26. The van der Waals surface area contributed by atoms with E-state index in [2.05, 4.69) is 4.90 Å². The van der Waals surface area contributed by atoms with E-state index < -0.39 is 17.0 Å². The predicted molar refractivity (Wildman–Crippen MR) is 75.4 cm³/mol. The van der Waals surface area contributed by atoms with Crippen LogP contribution in [0.3, 0.4) is 0 Å². The smallest absolute Gasteiger partial charge is 0.309 e. The molecular formula is C14H26N2O4. The lowest BCUT2D eigenvalue weighted by molar-refractivity contribution is -0.152. The van der Waals surface area contributed by atoms with Gasteiger partial charge in [0.2, 0.25) is 5.91 Å². The van der Waals surface area contributed by atoms with Crippen LogP contribution in [0, 0.1) is 5.41 Å². The first-order chi connectivity index (χ1) is 9.01. The summed E-state index contributed by atoms with van der Waals surface area (Å²) in [6.07, 6.45) is 0.0217. The van der Waals surface area contributed by atoms with Gasteiger partial charge in [-0.3, -0.25) is 14.5 Å². The van der Waals surface area contributed by atoms with E-state index in [1.165, 1.54) is 0 Å². The second-order valence-electron chi connectivity index (χ2n) is 6.84. The fraction of sp³-hybridized carbons (Fsp3) is 0.857. The highest BCUT2D eigenvalue weighted by molar-refractivity contribution is 5.84. The molecule has 0 unspecified atom stereocenters. The summed E-state index contributed by atoms with van der Waals surface area (Å²) in [5, 5.41) is 18.8. The molecule has 0 saturated carbocycles. The van der Waals surface area contributed by atoms with Gasteiger partial charge in [-0.2, -0.15) is 0 Å². The minimum absolute atomic E-state index is 0.0217. The van der Waals surface area contributed by atoms with Gasteiger partial charge in [0.05, 0.1) is 11.0 Å². The van der Waals surface area contributed by atoms with E-state index in [1.807, 2.05) is 0 Å². The Balaban J connectivity index is 2.46. The molecule has 1 aliphatic heterocycles. The van der Waals surface area contributed by atoms with Gasteiger partial charge in [0, 0.05) is 39.1 Å². The normalized spacial score (nSPS) is 18.1. The Bertz CT molecular complexity index is 366. The third-order valence-electron chi connectivity index (χ3n) is 3.51. The summed E-state index contributed by atoms with van der Waals surface area (Å²) in [5.41, 5.74) is -1.77. The van der Waals surface area contributed by atoms with E-state index in [1.54, 1.807) is 32.6 Å². The Hall–Kier alpha value is -1.14. The van der Waals surface area contributed by atoms with Crippen LogP contribution in [0.15, 0.2) is 0 Å². The number of nitrogens with zero attached hydrogens (tertiary/aromatic N) is 2. The van der Waals surface area contributed by atoms with Gasteiger partial charge in [0.15, 0.2) is 0 Å². The molecule has 0 spiro atoms. The van der Waals surface area contributed by atoms with E-state index in [4.69, 9.17) is 5.11 Å². The number of piperazine rings is 1. The molecule has 0 aromatic carbocycles. The maximum absolute atomic E-state index is 12.1. The Kier molecular flexibility index (Phi) is 5.15. The number of β-amino-alcohol motifs (C(OH)–C–C–N with tert-alkyl or cyclic N) is 1. The van der Waals surface area contributed by atoms with E-state index in [9.17, 15) is 14.7 Å². The summed E-state index contributed by atoms with van der Waals surface area (Å²) in [7, 11) is 0. The number of aliphatic hydroxyl groups is 1. The molecule has 2 N–H and O–H groups in total. The summed E-state index contributed by atoms with van der Waals surface area (Å²) in [4.78, 5) is 27.0. The van der Waals surface area contributed by atoms with E-state index in [-0.39, 0.29) is 12.3 Å². The van der Waals surface area contributed by atoms with Crippen molar-refractivity contribution in [2.24, 2.45) is 5.41 Å². The van der Waals surface area contributed by atoms with Crippen LogP contribution in [0.25, 0.3) is 0 Å². The summed E-state index contributed by atoms with van der Waals surface area (Å²) in [6, 6.07) is 0. The standard InChI is InChI=1S/C14H26N2O4/c1-13(2,12(18)19)9-11(17)16-7-5-15(6-8-16)10-14(3,4)20/h20H,5-10H2,1-4H3,(H,18,19). The van der Waals surface area contributed by atoms with Crippen LogP contribution in [-0.2, 0) is 9.59 Å². The summed E-state index contributed by atoms with van der Waals surface area (Å²) in [6.45, 7) is 9.84. The summed E-state index contributed by atoms with van der Waals surface area (Å²) >= 11 is 0. The third kappa shape index (κ3) is 5.09. The molecule has 1 saturated heterocycles. The Morgan fingerprint density at radius 2 is 1.55 bits per heavy atom. The minimum atomic E-state index is -1.03. The Labute approximate surface area is 120 Å². The van der Waals surface area contributed by atoms with Gasteiger partial charge in [-0.15, -0.1) is 0 Å². The number of carboxylic acids is 1. The first-order valence-corrected chi connectivity index (χ1v) is 6.97. The first-order valence-electron chi connectivity index (χ1n) is 6.97. The second kappa shape index (κ2) is 6.10. The monoisotopic (exact) mass is 286 g/mol. The number of amides is 1. The van der Waals surface area contributed by atoms with E-state index >= 15 is 0 Å². The zero-order valence-electron chi connectivity index (χ0n) is 12.8. The van der Waals surface area contributed by atoms with Crippen LogP contribution in [-0.4, -0.2) is 70.2 Å². The van der Waals surface area contributed by atoms with Gasteiger partial charge in [-0.1, -0.05) is 0 Å². The van der Waals surface area contributed by atoms with Gasteiger partial charge in [0.1, 0.15) is 0 Å². The SMILES string of the molecule is CC(C)(O)CN1CCN(C(=O)CC(C)(C)C(=O)O)CC1. The third-order valence-corrected chi connectivity index (χ3v) is 3.51. The second-order valence-corrected chi connectivity index (χ2v) is 6.84. The van der Waals surface area contributed by atoms with Crippen LogP contribution in [0.5, 0.6) is 0 Å². The lowest BCUT2D eigenvalue weighted by Crippen LogP contribution is -2.52. The van der Waals surface area contributed by atoms with E-state index in [0.717, 1.165) is 0 Å². The topological polar surface area (TPSA) is 81.1 Å². The van der Waals surface area contributed by atoms with Gasteiger partial charge in [0.25, 0.3) is 0 Å². The van der Waals surface area contributed by atoms with Crippen molar-refractivity contribution < 1.29 is 19.8 Å². The molecule has 20 heavy (non-hydrogen) atoms. The molecule has 1 amide bonds. The van der Waals surface area contributed by atoms with Crippen molar-refractivity contribution in [3.8, 4) is 0 Å². The maximum Gasteiger partial charge on any atom is 0.309 e. The zero-order valence-corrected chi connectivity index (χ0v) is 12.8. The predicted octanol–water partition coefficient (Wildman–Crippen LogP) is 0.402. The zero-order chi connectivity index (χ0) is 15.6. The molecule has 0 aromatic rings. The van der Waals surface area contributed by atoms with Crippen LogP contribution < -0.4 is 0 Å². The molecule has 0 radical (unpaired) electrons. The highest BCUT2D eigenvalue weighted by Crippen LogP contribution is 2.22. The van der Waals surface area contributed by atoms with Crippen molar-refractivity contribution in [2.45, 2.75) is 39.7 Å². The summed E-state index contributed by atoms with van der Waals surface area (Å²) in [5.74, 6) is -1.06. The number of carbonyl (C=O) groups excluding carboxylic acids is 1. The highest BCUT2D eigenvalue weighted by Gasteiger charge is 2.33. The van der Waals surface area contributed by atoms with Crippen molar-refractivity contribution in [2.75, 3.05) is 32.7 Å². The van der Waals surface area contributed by atoms with Gasteiger partial charge < -0.3 is 15.1 Å². The quantitative estimate of drug-likeness (QED) is 0.765. The van der Waals surface area contributed by atoms with Gasteiger partial charge in [-0.25, -0.2) is 0 Å². The minimum Gasteiger partial charge on any atom is -0.481 e. The molecule has 116 valence electrons. The van der Waals surface area contributed by atoms with Crippen LogP contribution in [0.4, 0.5) is 0 Å². The molecule has 0 atom stereocenters. The average molecular weight is 286 g/mol. The van der Waals surface area contributed by atoms with Crippen LogP contribution in [0.1, 0.15) is 34.1 Å². The van der Waals surface area contributed by atoms with Crippen molar-refractivity contribution in [3.63, 3.8) is 0 Å². The lowest BCUT2D eigenvalue weighted by Gasteiger charge is -2.38. The molecule has 1 aliphatic rings. The van der Waals surface area contributed by atoms with Crippen molar-refractivity contribution in [1.82, 2.24) is 9.80 Å².